The zero-order chi connectivity index (χ0) is 15.4. The highest BCUT2D eigenvalue weighted by Gasteiger charge is 2.17. The first kappa shape index (κ1) is 15.9. The maximum atomic E-state index is 12.1. The van der Waals surface area contributed by atoms with Crippen LogP contribution in [0, 0.1) is 0 Å². The molecule has 0 spiro atoms. The van der Waals surface area contributed by atoms with Crippen molar-refractivity contribution in [2.75, 3.05) is 19.3 Å². The molecule has 0 aliphatic rings. The molecule has 0 aliphatic carbocycles. The minimum atomic E-state index is 0.0691. The molecule has 0 aliphatic heterocycles. The molecule has 2 rings (SSSR count). The van der Waals surface area contributed by atoms with E-state index in [0.717, 1.165) is 16.9 Å². The number of carbonyl (C=O) groups excluding carboxylic acids is 1. The highest BCUT2D eigenvalue weighted by atomic mass is 32.2. The number of carbonyl (C=O) groups is 1. The summed E-state index contributed by atoms with van der Waals surface area (Å²) in [6.07, 6.45) is 0. The van der Waals surface area contributed by atoms with Crippen LogP contribution in [0.4, 0.5) is 0 Å². The van der Waals surface area contributed by atoms with Crippen molar-refractivity contribution in [3.63, 3.8) is 0 Å². The number of aromatic nitrogens is 2. The van der Waals surface area contributed by atoms with Crippen molar-refractivity contribution >= 4 is 28.7 Å². The molecule has 5 nitrogen and oxygen atoms in total. The molecule has 2 unspecified atom stereocenters. The number of rotatable bonds is 6. The van der Waals surface area contributed by atoms with Crippen LogP contribution in [-0.2, 0) is 4.79 Å². The highest BCUT2D eigenvalue weighted by Crippen LogP contribution is 2.27. The van der Waals surface area contributed by atoms with Crippen LogP contribution < -0.4 is 5.73 Å². The number of nitrogens with zero attached hydrogens (tertiary/aromatic N) is 2. The second-order valence-electron chi connectivity index (χ2n) is 5.18. The number of imidazole rings is 1. The van der Waals surface area contributed by atoms with Gasteiger partial charge in [0.2, 0.25) is 5.91 Å². The lowest BCUT2D eigenvalue weighted by atomic mass is 10.3. The molecule has 0 radical (unpaired) electrons. The molecular weight excluding hydrogens is 284 g/mol. The smallest absolute Gasteiger partial charge is 0.232 e. The van der Waals surface area contributed by atoms with Crippen LogP contribution in [0.5, 0.6) is 0 Å². The summed E-state index contributed by atoms with van der Waals surface area (Å²) in [7, 11) is 1.80. The van der Waals surface area contributed by atoms with Gasteiger partial charge in [-0.2, -0.15) is 0 Å². The van der Waals surface area contributed by atoms with Gasteiger partial charge in [-0.1, -0.05) is 12.1 Å². The van der Waals surface area contributed by atoms with Gasteiger partial charge in [0.1, 0.15) is 5.82 Å². The second-order valence-corrected chi connectivity index (χ2v) is 6.51. The van der Waals surface area contributed by atoms with Crippen molar-refractivity contribution in [3.8, 4) is 0 Å². The van der Waals surface area contributed by atoms with Gasteiger partial charge < -0.3 is 15.6 Å². The molecular formula is C15H22N4OS. The number of likely N-dealkylation sites (N-methyl/N-ethyl adjacent to an activating group) is 1. The molecule has 21 heavy (non-hydrogen) atoms. The van der Waals surface area contributed by atoms with Gasteiger partial charge in [0.05, 0.1) is 22.0 Å². The Hall–Kier alpha value is -1.53. The number of H-pyrrole nitrogens is 1. The molecule has 1 aromatic carbocycles. The molecule has 1 heterocycles. The average Bonchev–Trinajstić information content (AvgIpc) is 2.94. The predicted octanol–water partition coefficient (Wildman–Crippen LogP) is 2.16. The first-order chi connectivity index (χ1) is 10.0. The fourth-order valence-corrected chi connectivity index (χ4v) is 2.81. The zero-order valence-electron chi connectivity index (χ0n) is 12.7. The van der Waals surface area contributed by atoms with Gasteiger partial charge in [-0.15, -0.1) is 11.8 Å². The van der Waals surface area contributed by atoms with Crippen molar-refractivity contribution in [1.29, 1.82) is 0 Å². The Kier molecular flexibility index (Phi) is 5.25. The number of hydrogen-bond acceptors (Lipinski definition) is 4. The zero-order valence-corrected chi connectivity index (χ0v) is 13.5. The van der Waals surface area contributed by atoms with Crippen molar-refractivity contribution < 1.29 is 4.79 Å². The van der Waals surface area contributed by atoms with Crippen LogP contribution in [0.1, 0.15) is 24.9 Å². The van der Waals surface area contributed by atoms with E-state index in [-0.39, 0.29) is 17.2 Å². The normalized spacial score (nSPS) is 14.1. The SMILES string of the molecule is CC(SCC(=O)N(C)C(C)CN)c1nc2ccccc2[nH]1. The van der Waals surface area contributed by atoms with E-state index in [1.54, 1.807) is 23.7 Å². The van der Waals surface area contributed by atoms with Gasteiger partial charge >= 0.3 is 0 Å². The minimum Gasteiger partial charge on any atom is -0.341 e. The van der Waals surface area contributed by atoms with Gasteiger partial charge in [0.25, 0.3) is 0 Å². The summed E-state index contributed by atoms with van der Waals surface area (Å²) in [5, 5.41) is 0.142. The van der Waals surface area contributed by atoms with Gasteiger partial charge in [0, 0.05) is 19.6 Å². The largest absolute Gasteiger partial charge is 0.341 e. The number of aromatic amines is 1. The molecule has 0 saturated carbocycles. The van der Waals surface area contributed by atoms with Crippen molar-refractivity contribution in [2.45, 2.75) is 25.1 Å². The molecule has 1 aromatic heterocycles. The fraction of sp³-hybridized carbons (Fsp3) is 0.467. The maximum Gasteiger partial charge on any atom is 0.232 e. The van der Waals surface area contributed by atoms with E-state index in [9.17, 15) is 4.79 Å². The van der Waals surface area contributed by atoms with E-state index in [2.05, 4.69) is 16.9 Å². The van der Waals surface area contributed by atoms with Gasteiger partial charge in [-0.3, -0.25) is 4.79 Å². The second kappa shape index (κ2) is 6.95. The molecule has 0 saturated heterocycles. The molecule has 6 heteroatoms. The Morgan fingerprint density at radius 2 is 2.14 bits per heavy atom. The Bertz CT molecular complexity index is 579. The minimum absolute atomic E-state index is 0.0691. The Morgan fingerprint density at radius 3 is 2.81 bits per heavy atom. The summed E-state index contributed by atoms with van der Waals surface area (Å²) in [5.41, 5.74) is 7.57. The van der Waals surface area contributed by atoms with E-state index in [1.165, 1.54) is 0 Å². The quantitative estimate of drug-likeness (QED) is 0.857. The lowest BCUT2D eigenvalue weighted by molar-refractivity contribution is -0.128. The van der Waals surface area contributed by atoms with E-state index < -0.39 is 0 Å². The molecule has 2 aromatic rings. The topological polar surface area (TPSA) is 75.0 Å². The van der Waals surface area contributed by atoms with E-state index >= 15 is 0 Å². The number of hydrogen-bond donors (Lipinski definition) is 2. The van der Waals surface area contributed by atoms with E-state index in [0.29, 0.717) is 12.3 Å². The predicted molar refractivity (Wildman–Crippen MR) is 88.3 cm³/mol. The molecule has 1 amide bonds. The Balaban J connectivity index is 1.95. The molecule has 3 N–H and O–H groups in total. The maximum absolute atomic E-state index is 12.1. The fourth-order valence-electron chi connectivity index (χ4n) is 1.95. The molecule has 114 valence electrons. The lowest BCUT2D eigenvalue weighted by Crippen LogP contribution is -2.40. The van der Waals surface area contributed by atoms with Crippen molar-refractivity contribution in [1.82, 2.24) is 14.9 Å². The summed E-state index contributed by atoms with van der Waals surface area (Å²) in [4.78, 5) is 21.6. The third-order valence-electron chi connectivity index (χ3n) is 3.65. The number of para-hydroxylation sites is 2. The third kappa shape index (κ3) is 3.77. The molecule has 0 bridgehead atoms. The average molecular weight is 306 g/mol. The van der Waals surface area contributed by atoms with Gasteiger partial charge in [-0.05, 0) is 26.0 Å². The first-order valence-corrected chi connectivity index (χ1v) is 8.09. The number of amides is 1. The summed E-state index contributed by atoms with van der Waals surface area (Å²) in [6, 6.07) is 8.01. The van der Waals surface area contributed by atoms with Crippen LogP contribution >= 0.6 is 11.8 Å². The Morgan fingerprint density at radius 1 is 1.43 bits per heavy atom. The van der Waals surface area contributed by atoms with Crippen LogP contribution in [0.15, 0.2) is 24.3 Å². The van der Waals surface area contributed by atoms with Gasteiger partial charge in [-0.25, -0.2) is 4.98 Å². The molecule has 0 fully saturated rings. The third-order valence-corrected chi connectivity index (χ3v) is 4.78. The number of thioether (sulfide) groups is 1. The first-order valence-electron chi connectivity index (χ1n) is 7.05. The molecule has 2 atom stereocenters. The number of benzene rings is 1. The van der Waals surface area contributed by atoms with Crippen molar-refractivity contribution in [2.24, 2.45) is 5.73 Å². The summed E-state index contributed by atoms with van der Waals surface area (Å²) in [5.74, 6) is 1.43. The number of nitrogens with two attached hydrogens (primary N) is 1. The van der Waals surface area contributed by atoms with E-state index in [4.69, 9.17) is 5.73 Å². The summed E-state index contributed by atoms with van der Waals surface area (Å²) < 4.78 is 0. The Labute approximate surface area is 129 Å². The van der Waals surface area contributed by atoms with Crippen LogP contribution in [0.3, 0.4) is 0 Å². The van der Waals surface area contributed by atoms with Gasteiger partial charge in [0.15, 0.2) is 0 Å². The van der Waals surface area contributed by atoms with Crippen molar-refractivity contribution in [3.05, 3.63) is 30.1 Å². The summed E-state index contributed by atoms with van der Waals surface area (Å²) >= 11 is 1.58. The summed E-state index contributed by atoms with van der Waals surface area (Å²) in [6.45, 7) is 4.49. The number of nitrogens with one attached hydrogen (secondary N) is 1. The van der Waals surface area contributed by atoms with Crippen LogP contribution in [0.25, 0.3) is 11.0 Å². The highest BCUT2D eigenvalue weighted by molar-refractivity contribution is 8.00. The monoisotopic (exact) mass is 306 g/mol. The number of fused-ring (bicyclic) bond motifs is 1. The lowest BCUT2D eigenvalue weighted by Gasteiger charge is -2.23. The standard InChI is InChI=1S/C15H22N4OS/c1-10(8-16)19(3)14(20)9-21-11(2)15-17-12-6-4-5-7-13(12)18-15/h4-7,10-11H,8-9,16H2,1-3H3,(H,17,18). The van der Waals surface area contributed by atoms with E-state index in [1.807, 2.05) is 31.2 Å². The van der Waals surface area contributed by atoms with Crippen LogP contribution in [-0.4, -0.2) is 46.2 Å². The van der Waals surface area contributed by atoms with Crippen LogP contribution in [0.2, 0.25) is 0 Å².